The number of rotatable bonds is 4. The van der Waals surface area contributed by atoms with Crippen molar-refractivity contribution in [3.63, 3.8) is 0 Å². The van der Waals surface area contributed by atoms with Crippen LogP contribution in [-0.2, 0) is 9.59 Å². The maximum atomic E-state index is 12.3. The minimum absolute atomic E-state index is 0.0212. The number of Topliss-reactive ketones (excluding diaryl/α,β-unsaturated/α-hetero) is 2. The first-order valence-electron chi connectivity index (χ1n) is 7.45. The van der Waals surface area contributed by atoms with Crippen molar-refractivity contribution < 1.29 is 9.59 Å². The summed E-state index contributed by atoms with van der Waals surface area (Å²) in [5, 5.41) is 6.84. The molecule has 4 nitrogen and oxygen atoms in total. The molecule has 4 heteroatoms. The van der Waals surface area contributed by atoms with Crippen molar-refractivity contribution in [2.75, 3.05) is 13.1 Å². The van der Waals surface area contributed by atoms with Crippen LogP contribution in [0.25, 0.3) is 0 Å². The zero-order valence-corrected chi connectivity index (χ0v) is 12.6. The van der Waals surface area contributed by atoms with E-state index in [1.807, 2.05) is 0 Å². The Labute approximate surface area is 120 Å². The van der Waals surface area contributed by atoms with Crippen molar-refractivity contribution in [3.8, 4) is 0 Å². The van der Waals surface area contributed by atoms with Crippen LogP contribution in [-0.4, -0.2) is 30.8 Å². The Morgan fingerprint density at radius 2 is 1.75 bits per heavy atom. The van der Waals surface area contributed by atoms with Crippen LogP contribution in [0.15, 0.2) is 22.3 Å². The smallest absolute Gasteiger partial charge is 0.185 e. The van der Waals surface area contributed by atoms with Crippen LogP contribution in [0, 0.1) is 0 Å². The highest BCUT2D eigenvalue weighted by molar-refractivity contribution is 6.24. The van der Waals surface area contributed by atoms with Gasteiger partial charge in [0.1, 0.15) is 0 Å². The lowest BCUT2D eigenvalue weighted by Gasteiger charge is -2.25. The van der Waals surface area contributed by atoms with Crippen LogP contribution < -0.4 is 10.6 Å². The van der Waals surface area contributed by atoms with Gasteiger partial charge >= 0.3 is 0 Å². The van der Waals surface area contributed by atoms with E-state index < -0.39 is 0 Å². The van der Waals surface area contributed by atoms with E-state index in [0.717, 1.165) is 19.5 Å². The molecule has 1 unspecified atom stereocenters. The van der Waals surface area contributed by atoms with Gasteiger partial charge in [-0.15, -0.1) is 0 Å². The summed E-state index contributed by atoms with van der Waals surface area (Å²) in [6, 6.07) is 0. The fraction of sp³-hybridized carbons (Fsp3) is 0.625. The van der Waals surface area contributed by atoms with Crippen molar-refractivity contribution in [1.82, 2.24) is 10.6 Å². The number of piperidine rings is 1. The van der Waals surface area contributed by atoms with Gasteiger partial charge in [0.05, 0.1) is 6.17 Å². The predicted octanol–water partition coefficient (Wildman–Crippen LogP) is 1.87. The highest BCUT2D eigenvalue weighted by atomic mass is 16.1. The Balaban J connectivity index is 1.94. The molecule has 2 N–H and O–H groups in total. The maximum absolute atomic E-state index is 12.3. The lowest BCUT2D eigenvalue weighted by molar-refractivity contribution is -0.116. The average molecular weight is 276 g/mol. The van der Waals surface area contributed by atoms with Crippen LogP contribution in [0.5, 0.6) is 0 Å². The van der Waals surface area contributed by atoms with Crippen LogP contribution in [0.1, 0.15) is 46.5 Å². The van der Waals surface area contributed by atoms with E-state index in [1.54, 1.807) is 20.8 Å². The summed E-state index contributed by atoms with van der Waals surface area (Å²) in [6.07, 6.45) is 4.57. The summed E-state index contributed by atoms with van der Waals surface area (Å²) < 4.78 is 0. The van der Waals surface area contributed by atoms with E-state index in [0.29, 0.717) is 34.9 Å². The Morgan fingerprint density at radius 1 is 1.05 bits per heavy atom. The number of allylic oxidation sites excluding steroid dienone is 3. The molecule has 1 aliphatic heterocycles. The summed E-state index contributed by atoms with van der Waals surface area (Å²) in [5.74, 6) is 0.0610. The highest BCUT2D eigenvalue weighted by Gasteiger charge is 2.27. The number of ketones is 2. The van der Waals surface area contributed by atoms with Crippen molar-refractivity contribution in [1.29, 1.82) is 0 Å². The molecule has 2 rings (SSSR count). The molecule has 1 aliphatic carbocycles. The van der Waals surface area contributed by atoms with E-state index in [4.69, 9.17) is 0 Å². The minimum atomic E-state index is 0.0212. The summed E-state index contributed by atoms with van der Waals surface area (Å²) in [5.41, 5.74) is 2.50. The van der Waals surface area contributed by atoms with Gasteiger partial charge in [-0.05, 0) is 53.0 Å². The molecule has 110 valence electrons. The van der Waals surface area contributed by atoms with Crippen LogP contribution >= 0.6 is 0 Å². The SMILES string of the molecule is CC1=C(C)C(=O)C(CCNC2CCCCN2)=C(C)C1=O. The van der Waals surface area contributed by atoms with Gasteiger partial charge < -0.3 is 10.6 Å². The number of nitrogens with one attached hydrogen (secondary N) is 2. The molecule has 1 atom stereocenters. The third kappa shape index (κ3) is 3.07. The van der Waals surface area contributed by atoms with Gasteiger partial charge in [0.2, 0.25) is 0 Å². The standard InChI is InChI=1S/C16H24N2O2/c1-10-11(2)16(20)13(12(3)15(10)19)7-9-18-14-6-4-5-8-17-14/h14,17-18H,4-9H2,1-3H3. The van der Waals surface area contributed by atoms with E-state index in [1.165, 1.54) is 12.8 Å². The quantitative estimate of drug-likeness (QED) is 0.770. The second-order valence-corrected chi connectivity index (χ2v) is 5.72. The Hall–Kier alpha value is -1.26. The van der Waals surface area contributed by atoms with Gasteiger partial charge in [0.15, 0.2) is 11.6 Å². The van der Waals surface area contributed by atoms with Crippen LogP contribution in [0.2, 0.25) is 0 Å². The molecule has 1 saturated heterocycles. The van der Waals surface area contributed by atoms with Crippen molar-refractivity contribution in [3.05, 3.63) is 22.3 Å². The predicted molar refractivity (Wildman–Crippen MR) is 79.3 cm³/mol. The normalized spacial score (nSPS) is 24.6. The molecule has 0 aromatic rings. The van der Waals surface area contributed by atoms with Crippen LogP contribution in [0.4, 0.5) is 0 Å². The molecule has 0 saturated carbocycles. The van der Waals surface area contributed by atoms with Gasteiger partial charge in [0, 0.05) is 28.8 Å². The monoisotopic (exact) mass is 276 g/mol. The van der Waals surface area contributed by atoms with Gasteiger partial charge in [-0.1, -0.05) is 0 Å². The average Bonchev–Trinajstić information content (AvgIpc) is 2.48. The Kier molecular flexibility index (Phi) is 4.89. The zero-order chi connectivity index (χ0) is 14.7. The van der Waals surface area contributed by atoms with Gasteiger partial charge in [-0.3, -0.25) is 9.59 Å². The second-order valence-electron chi connectivity index (χ2n) is 5.72. The largest absolute Gasteiger partial charge is 0.302 e. The summed E-state index contributed by atoms with van der Waals surface area (Å²) >= 11 is 0. The molecule has 0 amide bonds. The summed E-state index contributed by atoms with van der Waals surface area (Å²) in [7, 11) is 0. The minimum Gasteiger partial charge on any atom is -0.302 e. The first kappa shape index (κ1) is 15.1. The molecule has 0 aromatic heterocycles. The fourth-order valence-electron chi connectivity index (χ4n) is 2.85. The lowest BCUT2D eigenvalue weighted by Crippen LogP contribution is -2.45. The maximum Gasteiger partial charge on any atom is 0.185 e. The molecule has 2 aliphatic rings. The molecule has 0 aromatic carbocycles. The molecule has 0 radical (unpaired) electrons. The third-order valence-electron chi connectivity index (χ3n) is 4.39. The lowest BCUT2D eigenvalue weighted by atomic mass is 9.84. The second kappa shape index (κ2) is 6.46. The first-order valence-corrected chi connectivity index (χ1v) is 7.45. The van der Waals surface area contributed by atoms with E-state index in [-0.39, 0.29) is 11.6 Å². The zero-order valence-electron chi connectivity index (χ0n) is 12.6. The topological polar surface area (TPSA) is 58.2 Å². The third-order valence-corrected chi connectivity index (χ3v) is 4.39. The van der Waals surface area contributed by atoms with Crippen molar-refractivity contribution >= 4 is 11.6 Å². The Morgan fingerprint density at radius 3 is 2.40 bits per heavy atom. The number of hydrogen-bond acceptors (Lipinski definition) is 4. The van der Waals surface area contributed by atoms with Gasteiger partial charge in [-0.2, -0.15) is 0 Å². The number of hydrogen-bond donors (Lipinski definition) is 2. The molecule has 0 bridgehead atoms. The number of carbonyl (C=O) groups excluding carboxylic acids is 2. The molecular formula is C16H24N2O2. The van der Waals surface area contributed by atoms with Crippen molar-refractivity contribution in [2.24, 2.45) is 0 Å². The summed E-state index contributed by atoms with van der Waals surface area (Å²) in [6.45, 7) is 7.04. The molecule has 1 heterocycles. The van der Waals surface area contributed by atoms with E-state index in [2.05, 4.69) is 10.6 Å². The van der Waals surface area contributed by atoms with Gasteiger partial charge in [-0.25, -0.2) is 0 Å². The summed E-state index contributed by atoms with van der Waals surface area (Å²) in [4.78, 5) is 24.3. The van der Waals surface area contributed by atoms with Gasteiger partial charge in [0.25, 0.3) is 0 Å². The molecule has 20 heavy (non-hydrogen) atoms. The van der Waals surface area contributed by atoms with Crippen molar-refractivity contribution in [2.45, 2.75) is 52.6 Å². The molecular weight excluding hydrogens is 252 g/mol. The van der Waals surface area contributed by atoms with Crippen LogP contribution in [0.3, 0.4) is 0 Å². The molecule has 1 fully saturated rings. The molecule has 0 spiro atoms. The van der Waals surface area contributed by atoms with E-state index >= 15 is 0 Å². The fourth-order valence-corrected chi connectivity index (χ4v) is 2.85. The Bertz CT molecular complexity index is 483. The number of carbonyl (C=O) groups is 2. The highest BCUT2D eigenvalue weighted by Crippen LogP contribution is 2.25. The first-order chi connectivity index (χ1) is 9.52. The van der Waals surface area contributed by atoms with E-state index in [9.17, 15) is 9.59 Å².